The number of benzene rings is 1. The molecule has 108 valence electrons. The smallest absolute Gasteiger partial charge is 0.242 e. The summed E-state index contributed by atoms with van der Waals surface area (Å²) in [6.45, 7) is 1.55. The Hall–Kier alpha value is -2.35. The van der Waals surface area contributed by atoms with Gasteiger partial charge in [0.2, 0.25) is 5.88 Å². The standard InChI is InChI=1S/C13H10F2N4OS/c1-6-3-4-7(14)10(8(6)15)19-11-9(18-13(19)21)12(20-2)17-5-16-11/h3-5H,1-2H3,(H,18,21). The van der Waals surface area contributed by atoms with Crippen LogP contribution in [0.4, 0.5) is 8.78 Å². The van der Waals surface area contributed by atoms with Gasteiger partial charge in [0.25, 0.3) is 0 Å². The highest BCUT2D eigenvalue weighted by Gasteiger charge is 2.19. The maximum absolute atomic E-state index is 14.3. The summed E-state index contributed by atoms with van der Waals surface area (Å²) in [5, 5.41) is 0. The Morgan fingerprint density at radius 2 is 2.05 bits per heavy atom. The van der Waals surface area contributed by atoms with Crippen LogP contribution in [0.3, 0.4) is 0 Å². The molecule has 8 heteroatoms. The van der Waals surface area contributed by atoms with Gasteiger partial charge < -0.3 is 9.72 Å². The van der Waals surface area contributed by atoms with E-state index in [4.69, 9.17) is 17.0 Å². The maximum Gasteiger partial charge on any atom is 0.242 e. The number of imidazole rings is 1. The second-order valence-electron chi connectivity index (χ2n) is 4.37. The Morgan fingerprint density at radius 1 is 1.29 bits per heavy atom. The molecule has 0 fully saturated rings. The van der Waals surface area contributed by atoms with E-state index in [0.717, 1.165) is 0 Å². The molecular weight excluding hydrogens is 298 g/mol. The molecule has 0 aliphatic carbocycles. The number of ether oxygens (including phenoxy) is 1. The third kappa shape index (κ3) is 1.99. The van der Waals surface area contributed by atoms with Gasteiger partial charge in [-0.25, -0.2) is 13.8 Å². The first-order valence-electron chi connectivity index (χ1n) is 5.99. The Bertz CT molecular complexity index is 903. The van der Waals surface area contributed by atoms with Crippen molar-refractivity contribution in [1.82, 2.24) is 19.5 Å². The van der Waals surface area contributed by atoms with E-state index in [1.165, 1.54) is 30.1 Å². The van der Waals surface area contributed by atoms with Crippen molar-refractivity contribution in [2.24, 2.45) is 0 Å². The number of H-pyrrole nitrogens is 1. The summed E-state index contributed by atoms with van der Waals surface area (Å²) in [6.07, 6.45) is 1.24. The molecule has 1 N–H and O–H groups in total. The molecule has 3 rings (SSSR count). The molecular formula is C13H10F2N4OS. The predicted molar refractivity (Wildman–Crippen MR) is 75.3 cm³/mol. The first-order valence-corrected chi connectivity index (χ1v) is 6.40. The number of hydrogen-bond donors (Lipinski definition) is 1. The lowest BCUT2D eigenvalue weighted by atomic mass is 10.2. The van der Waals surface area contributed by atoms with E-state index in [1.807, 2.05) is 0 Å². The van der Waals surface area contributed by atoms with Gasteiger partial charge in [0, 0.05) is 0 Å². The number of methoxy groups -OCH3 is 1. The van der Waals surface area contributed by atoms with Gasteiger partial charge in [-0.1, -0.05) is 6.07 Å². The molecule has 0 saturated carbocycles. The largest absolute Gasteiger partial charge is 0.479 e. The van der Waals surface area contributed by atoms with Gasteiger partial charge in [-0.2, -0.15) is 4.98 Å². The number of aryl methyl sites for hydroxylation is 1. The molecule has 0 spiro atoms. The fourth-order valence-electron chi connectivity index (χ4n) is 2.11. The number of fused-ring (bicyclic) bond motifs is 1. The summed E-state index contributed by atoms with van der Waals surface area (Å²) >= 11 is 5.16. The molecule has 2 heterocycles. The Morgan fingerprint density at radius 3 is 2.76 bits per heavy atom. The highest BCUT2D eigenvalue weighted by Crippen LogP contribution is 2.27. The molecule has 5 nitrogen and oxygen atoms in total. The maximum atomic E-state index is 14.3. The van der Waals surface area contributed by atoms with E-state index in [1.54, 1.807) is 6.92 Å². The van der Waals surface area contributed by atoms with Crippen LogP contribution in [0.2, 0.25) is 0 Å². The van der Waals surface area contributed by atoms with Gasteiger partial charge in [0.1, 0.15) is 23.3 Å². The van der Waals surface area contributed by atoms with E-state index in [2.05, 4.69) is 15.0 Å². The van der Waals surface area contributed by atoms with Crippen molar-refractivity contribution in [3.63, 3.8) is 0 Å². The van der Waals surface area contributed by atoms with Gasteiger partial charge in [-0.3, -0.25) is 4.57 Å². The fraction of sp³-hybridized carbons (Fsp3) is 0.154. The zero-order valence-electron chi connectivity index (χ0n) is 11.1. The van der Waals surface area contributed by atoms with Crippen LogP contribution in [0.1, 0.15) is 5.56 Å². The van der Waals surface area contributed by atoms with Crippen molar-refractivity contribution in [1.29, 1.82) is 0 Å². The van der Waals surface area contributed by atoms with Crippen molar-refractivity contribution in [2.75, 3.05) is 7.11 Å². The molecule has 0 unspecified atom stereocenters. The molecule has 1 aromatic carbocycles. The number of aromatic nitrogens is 4. The number of aromatic amines is 1. The highest BCUT2D eigenvalue weighted by atomic mass is 32.1. The molecule has 0 bridgehead atoms. The van der Waals surface area contributed by atoms with Gasteiger partial charge in [0.15, 0.2) is 16.2 Å². The molecule has 21 heavy (non-hydrogen) atoms. The minimum atomic E-state index is -0.729. The van der Waals surface area contributed by atoms with Crippen molar-refractivity contribution in [3.05, 3.63) is 40.4 Å². The molecule has 0 amide bonds. The summed E-state index contributed by atoms with van der Waals surface area (Å²) in [6, 6.07) is 2.55. The van der Waals surface area contributed by atoms with E-state index in [9.17, 15) is 8.78 Å². The van der Waals surface area contributed by atoms with Gasteiger partial charge in [-0.15, -0.1) is 0 Å². The number of nitrogens with one attached hydrogen (secondary N) is 1. The highest BCUT2D eigenvalue weighted by molar-refractivity contribution is 7.71. The Labute approximate surface area is 123 Å². The molecule has 0 atom stereocenters. The third-order valence-electron chi connectivity index (χ3n) is 3.12. The fourth-order valence-corrected chi connectivity index (χ4v) is 2.39. The Kier molecular flexibility index (Phi) is 3.17. The van der Waals surface area contributed by atoms with Crippen LogP contribution in [0.15, 0.2) is 18.5 Å². The summed E-state index contributed by atoms with van der Waals surface area (Å²) < 4.78 is 34.8. The lowest BCUT2D eigenvalue weighted by Gasteiger charge is -2.09. The third-order valence-corrected chi connectivity index (χ3v) is 3.40. The average Bonchev–Trinajstić information content (AvgIpc) is 2.80. The summed E-state index contributed by atoms with van der Waals surface area (Å²) in [5.74, 6) is -1.17. The molecule has 3 aromatic rings. The normalized spacial score (nSPS) is 11.0. The minimum Gasteiger partial charge on any atom is -0.479 e. The van der Waals surface area contributed by atoms with Gasteiger partial charge in [-0.05, 0) is 30.8 Å². The molecule has 0 radical (unpaired) electrons. The second kappa shape index (κ2) is 4.88. The van der Waals surface area contributed by atoms with Crippen molar-refractivity contribution in [2.45, 2.75) is 6.92 Å². The van der Waals surface area contributed by atoms with Crippen LogP contribution >= 0.6 is 12.2 Å². The van der Waals surface area contributed by atoms with E-state index >= 15 is 0 Å². The number of rotatable bonds is 2. The molecule has 0 aliphatic heterocycles. The van der Waals surface area contributed by atoms with Crippen LogP contribution in [-0.2, 0) is 0 Å². The number of nitrogens with zero attached hydrogens (tertiary/aromatic N) is 3. The van der Waals surface area contributed by atoms with E-state index < -0.39 is 11.6 Å². The van der Waals surface area contributed by atoms with Crippen LogP contribution in [-0.4, -0.2) is 26.6 Å². The van der Waals surface area contributed by atoms with E-state index in [-0.39, 0.29) is 22.0 Å². The molecule has 0 saturated heterocycles. The summed E-state index contributed by atoms with van der Waals surface area (Å²) in [5.41, 5.74) is 0.663. The van der Waals surface area contributed by atoms with E-state index in [0.29, 0.717) is 11.1 Å². The average molecular weight is 308 g/mol. The zero-order chi connectivity index (χ0) is 15.1. The molecule has 2 aromatic heterocycles. The zero-order valence-corrected chi connectivity index (χ0v) is 12.0. The van der Waals surface area contributed by atoms with Crippen LogP contribution in [0.25, 0.3) is 16.9 Å². The summed E-state index contributed by atoms with van der Waals surface area (Å²) in [4.78, 5) is 10.8. The number of hydrogen-bond acceptors (Lipinski definition) is 4. The predicted octanol–water partition coefficient (Wildman–Crippen LogP) is 3.07. The summed E-state index contributed by atoms with van der Waals surface area (Å²) in [7, 11) is 1.43. The lowest BCUT2D eigenvalue weighted by Crippen LogP contribution is -2.04. The Balaban J connectivity index is 2.45. The van der Waals surface area contributed by atoms with Crippen molar-refractivity contribution < 1.29 is 13.5 Å². The van der Waals surface area contributed by atoms with Crippen LogP contribution < -0.4 is 4.74 Å². The minimum absolute atomic E-state index is 0.104. The first kappa shape index (κ1) is 13.6. The van der Waals surface area contributed by atoms with Crippen molar-refractivity contribution >= 4 is 23.4 Å². The SMILES string of the molecule is COc1ncnc2c1[nH]c(=S)n2-c1c(F)ccc(C)c1F. The molecule has 0 aliphatic rings. The van der Waals surface area contributed by atoms with Gasteiger partial charge in [0.05, 0.1) is 7.11 Å². The van der Waals surface area contributed by atoms with Crippen LogP contribution in [0, 0.1) is 23.3 Å². The van der Waals surface area contributed by atoms with Crippen LogP contribution in [0.5, 0.6) is 5.88 Å². The number of halogens is 2. The topological polar surface area (TPSA) is 55.7 Å². The quantitative estimate of drug-likeness (QED) is 0.739. The monoisotopic (exact) mass is 308 g/mol. The van der Waals surface area contributed by atoms with Crippen molar-refractivity contribution in [3.8, 4) is 11.6 Å². The van der Waals surface area contributed by atoms with Gasteiger partial charge >= 0.3 is 0 Å². The lowest BCUT2D eigenvalue weighted by molar-refractivity contribution is 0.401. The first-order chi connectivity index (χ1) is 10.0. The second-order valence-corrected chi connectivity index (χ2v) is 4.76.